The molecule has 0 unspecified atom stereocenters. The Balaban J connectivity index is 2.59. The monoisotopic (exact) mass is 252 g/mol. The zero-order chi connectivity index (χ0) is 13.8. The zero-order valence-electron chi connectivity index (χ0n) is 11.9. The van der Waals surface area contributed by atoms with Crippen molar-refractivity contribution in [2.45, 2.75) is 64.0 Å². The van der Waals surface area contributed by atoms with Gasteiger partial charge in [-0.3, -0.25) is 4.79 Å². The lowest BCUT2D eigenvalue weighted by atomic mass is 9.78. The number of amides is 1. The maximum Gasteiger partial charge on any atom is 0.224 e. The summed E-state index contributed by atoms with van der Waals surface area (Å²) in [5.74, 6) is 0.553. The van der Waals surface area contributed by atoms with Crippen LogP contribution in [-0.4, -0.2) is 24.2 Å². The van der Waals surface area contributed by atoms with Gasteiger partial charge in [0.2, 0.25) is 5.91 Å². The van der Waals surface area contributed by atoms with Crippen molar-refractivity contribution in [1.29, 1.82) is 5.26 Å². The normalized spacial score (nSPS) is 28.5. The molecule has 1 saturated carbocycles. The average molecular weight is 252 g/mol. The summed E-state index contributed by atoms with van der Waals surface area (Å²) in [5, 5.41) is 12.2. The van der Waals surface area contributed by atoms with Crippen LogP contribution in [0, 0.1) is 17.2 Å². The lowest BCUT2D eigenvalue weighted by Crippen LogP contribution is -2.51. The number of ether oxygens (including phenoxy) is 1. The second kappa shape index (κ2) is 5.71. The number of nitriles is 1. The van der Waals surface area contributed by atoms with Gasteiger partial charge in [0.15, 0.2) is 0 Å². The van der Waals surface area contributed by atoms with Gasteiger partial charge < -0.3 is 10.1 Å². The number of hydrogen-bond donors (Lipinski definition) is 1. The van der Waals surface area contributed by atoms with Crippen molar-refractivity contribution in [2.75, 3.05) is 7.11 Å². The molecule has 0 aromatic carbocycles. The van der Waals surface area contributed by atoms with Crippen molar-refractivity contribution < 1.29 is 9.53 Å². The van der Waals surface area contributed by atoms with Crippen LogP contribution in [0.15, 0.2) is 0 Å². The minimum Gasteiger partial charge on any atom is -0.378 e. The molecule has 0 aromatic rings. The van der Waals surface area contributed by atoms with Gasteiger partial charge in [0, 0.05) is 7.11 Å². The van der Waals surface area contributed by atoms with Crippen LogP contribution in [0.3, 0.4) is 0 Å². The Bertz CT molecular complexity index is 336. The Morgan fingerprint density at radius 2 is 2.06 bits per heavy atom. The van der Waals surface area contributed by atoms with Crippen LogP contribution in [0.4, 0.5) is 0 Å². The highest BCUT2D eigenvalue weighted by Gasteiger charge is 2.36. The van der Waals surface area contributed by atoms with Gasteiger partial charge in [-0.1, -0.05) is 6.92 Å². The third-order valence-corrected chi connectivity index (χ3v) is 3.86. The number of nitrogens with one attached hydrogen (secondary N) is 1. The van der Waals surface area contributed by atoms with Gasteiger partial charge in [-0.2, -0.15) is 5.26 Å². The van der Waals surface area contributed by atoms with E-state index in [4.69, 9.17) is 4.74 Å². The van der Waals surface area contributed by atoms with Gasteiger partial charge in [-0.15, -0.1) is 0 Å². The molecule has 1 amide bonds. The van der Waals surface area contributed by atoms with Crippen molar-refractivity contribution >= 4 is 5.91 Å². The van der Waals surface area contributed by atoms with E-state index in [0.29, 0.717) is 5.92 Å². The molecule has 0 atom stereocenters. The molecular formula is C14H24N2O2. The maximum absolute atomic E-state index is 12.0. The van der Waals surface area contributed by atoms with Gasteiger partial charge in [0.1, 0.15) is 5.54 Å². The molecule has 1 fully saturated rings. The molecule has 4 heteroatoms. The molecule has 1 N–H and O–H groups in total. The Morgan fingerprint density at radius 1 is 1.50 bits per heavy atom. The van der Waals surface area contributed by atoms with Gasteiger partial charge in [0.05, 0.1) is 18.1 Å². The molecule has 1 aliphatic rings. The first-order valence-corrected chi connectivity index (χ1v) is 6.60. The summed E-state index contributed by atoms with van der Waals surface area (Å²) in [4.78, 5) is 12.0. The molecule has 0 spiro atoms. The Hall–Kier alpha value is -1.08. The minimum atomic E-state index is -0.659. The first-order valence-electron chi connectivity index (χ1n) is 6.60. The van der Waals surface area contributed by atoms with E-state index in [9.17, 15) is 10.1 Å². The summed E-state index contributed by atoms with van der Waals surface area (Å²) < 4.78 is 5.24. The fourth-order valence-electron chi connectivity index (χ4n) is 2.29. The molecule has 0 heterocycles. The van der Waals surface area contributed by atoms with E-state index in [2.05, 4.69) is 18.3 Å². The highest BCUT2D eigenvalue weighted by atomic mass is 16.5. The second-order valence-electron chi connectivity index (χ2n) is 6.07. The Kier molecular flexibility index (Phi) is 4.75. The zero-order valence-corrected chi connectivity index (χ0v) is 11.9. The summed E-state index contributed by atoms with van der Waals surface area (Å²) in [6.07, 6.45) is 3.79. The van der Waals surface area contributed by atoms with E-state index in [1.807, 2.05) is 13.8 Å². The topological polar surface area (TPSA) is 62.1 Å². The highest BCUT2D eigenvalue weighted by Crippen LogP contribution is 2.31. The van der Waals surface area contributed by atoms with Crippen molar-refractivity contribution in [3.8, 4) is 6.07 Å². The fraction of sp³-hybridized carbons (Fsp3) is 0.857. The third-order valence-electron chi connectivity index (χ3n) is 3.86. The number of rotatable bonds is 4. The van der Waals surface area contributed by atoms with Crippen LogP contribution in [-0.2, 0) is 9.53 Å². The van der Waals surface area contributed by atoms with Crippen LogP contribution in [0.2, 0.25) is 0 Å². The average Bonchev–Trinajstić information content (AvgIpc) is 2.32. The first kappa shape index (κ1) is 15.0. The van der Waals surface area contributed by atoms with Gasteiger partial charge in [-0.05, 0) is 45.4 Å². The van der Waals surface area contributed by atoms with Crippen molar-refractivity contribution in [1.82, 2.24) is 5.32 Å². The molecule has 0 aromatic heterocycles. The van der Waals surface area contributed by atoms with Crippen LogP contribution < -0.4 is 5.32 Å². The lowest BCUT2D eigenvalue weighted by molar-refractivity contribution is -0.127. The number of hydrogen-bond acceptors (Lipinski definition) is 3. The number of carbonyl (C=O) groups excluding carboxylic acids is 1. The van der Waals surface area contributed by atoms with Gasteiger partial charge in [0.25, 0.3) is 0 Å². The van der Waals surface area contributed by atoms with Crippen LogP contribution in [0.25, 0.3) is 0 Å². The van der Waals surface area contributed by atoms with E-state index in [-0.39, 0.29) is 12.3 Å². The van der Waals surface area contributed by atoms with Crippen molar-refractivity contribution in [3.05, 3.63) is 0 Å². The van der Waals surface area contributed by atoms with Gasteiger partial charge in [-0.25, -0.2) is 0 Å². The highest BCUT2D eigenvalue weighted by molar-refractivity contribution is 5.78. The number of methoxy groups -OCH3 is 1. The van der Waals surface area contributed by atoms with Crippen molar-refractivity contribution in [3.63, 3.8) is 0 Å². The predicted molar refractivity (Wildman–Crippen MR) is 69.8 cm³/mol. The molecule has 0 bridgehead atoms. The second-order valence-corrected chi connectivity index (χ2v) is 6.07. The summed E-state index contributed by atoms with van der Waals surface area (Å²) >= 11 is 0. The SMILES string of the molecule is COC(C)(C)CC(=O)NC1(C#N)CCC(C)CC1. The molecule has 0 radical (unpaired) electrons. The molecule has 4 nitrogen and oxygen atoms in total. The van der Waals surface area contributed by atoms with Crippen LogP contribution in [0.1, 0.15) is 52.9 Å². The summed E-state index contributed by atoms with van der Waals surface area (Å²) in [7, 11) is 1.59. The smallest absolute Gasteiger partial charge is 0.224 e. The number of carbonyl (C=O) groups is 1. The molecule has 1 aliphatic carbocycles. The quantitative estimate of drug-likeness (QED) is 0.835. The molecule has 18 heavy (non-hydrogen) atoms. The summed E-state index contributed by atoms with van der Waals surface area (Å²) in [6, 6.07) is 2.30. The molecule has 0 aliphatic heterocycles. The van der Waals surface area contributed by atoms with Crippen LogP contribution >= 0.6 is 0 Å². The molecule has 1 rings (SSSR count). The molecule has 102 valence electrons. The lowest BCUT2D eigenvalue weighted by Gasteiger charge is -2.35. The Morgan fingerprint density at radius 3 is 2.50 bits per heavy atom. The first-order chi connectivity index (χ1) is 8.32. The largest absolute Gasteiger partial charge is 0.378 e. The summed E-state index contributed by atoms with van der Waals surface area (Å²) in [5.41, 5.74) is -1.14. The Labute approximate surface area is 110 Å². The maximum atomic E-state index is 12.0. The van der Waals surface area contributed by atoms with E-state index in [1.54, 1.807) is 7.11 Å². The van der Waals surface area contributed by atoms with E-state index in [1.165, 1.54) is 0 Å². The standard InChI is InChI=1S/C14H24N2O2/c1-11-5-7-14(10-15,8-6-11)16-12(17)9-13(2,3)18-4/h11H,5-9H2,1-4H3,(H,16,17). The minimum absolute atomic E-state index is 0.0991. The van der Waals surface area contributed by atoms with Gasteiger partial charge >= 0.3 is 0 Å². The van der Waals surface area contributed by atoms with Crippen molar-refractivity contribution in [2.24, 2.45) is 5.92 Å². The number of nitrogens with zero attached hydrogens (tertiary/aromatic N) is 1. The van der Waals surface area contributed by atoms with E-state index < -0.39 is 11.1 Å². The fourth-order valence-corrected chi connectivity index (χ4v) is 2.29. The van der Waals surface area contributed by atoms with E-state index >= 15 is 0 Å². The molecule has 0 saturated heterocycles. The summed E-state index contributed by atoms with van der Waals surface area (Å²) in [6.45, 7) is 5.93. The molecular weight excluding hydrogens is 228 g/mol. The third kappa shape index (κ3) is 3.99. The van der Waals surface area contributed by atoms with Crippen LogP contribution in [0.5, 0.6) is 0 Å². The van der Waals surface area contributed by atoms with E-state index in [0.717, 1.165) is 25.7 Å². The predicted octanol–water partition coefficient (Wildman–Crippen LogP) is 2.39.